The normalized spacial score (nSPS) is 11.5. The summed E-state index contributed by atoms with van der Waals surface area (Å²) in [4.78, 5) is 4.25. The SMILES string of the molecule is CCCC=Nn1cnc2ccccc21. The summed E-state index contributed by atoms with van der Waals surface area (Å²) in [7, 11) is 0. The van der Waals surface area contributed by atoms with Gasteiger partial charge in [-0.1, -0.05) is 25.5 Å². The zero-order valence-electron chi connectivity index (χ0n) is 8.22. The number of imidazole rings is 1. The molecule has 72 valence electrons. The van der Waals surface area contributed by atoms with Crippen LogP contribution < -0.4 is 0 Å². The monoisotopic (exact) mass is 187 g/mol. The first-order valence-corrected chi connectivity index (χ1v) is 4.86. The maximum absolute atomic E-state index is 4.31. The molecule has 0 saturated heterocycles. The molecule has 0 aliphatic rings. The van der Waals surface area contributed by atoms with Crippen molar-refractivity contribution in [2.75, 3.05) is 0 Å². The molecule has 0 saturated carbocycles. The van der Waals surface area contributed by atoms with Gasteiger partial charge in [0.05, 0.1) is 11.0 Å². The standard InChI is InChI=1S/C11H13N3/c1-2-3-8-13-14-9-12-10-6-4-5-7-11(10)14/h4-9H,2-3H2,1H3. The van der Waals surface area contributed by atoms with Crippen LogP contribution in [0.3, 0.4) is 0 Å². The average Bonchev–Trinajstić information content (AvgIpc) is 2.63. The van der Waals surface area contributed by atoms with Gasteiger partial charge >= 0.3 is 0 Å². The molecule has 0 aliphatic carbocycles. The number of aromatic nitrogens is 2. The molecule has 3 heteroatoms. The van der Waals surface area contributed by atoms with E-state index in [0.29, 0.717) is 0 Å². The van der Waals surface area contributed by atoms with Gasteiger partial charge < -0.3 is 0 Å². The molecule has 0 aliphatic heterocycles. The Morgan fingerprint density at radius 3 is 3.14 bits per heavy atom. The fraction of sp³-hybridized carbons (Fsp3) is 0.273. The Morgan fingerprint density at radius 1 is 1.43 bits per heavy atom. The lowest BCUT2D eigenvalue weighted by Gasteiger charge is -1.93. The van der Waals surface area contributed by atoms with Crippen molar-refractivity contribution in [1.82, 2.24) is 9.66 Å². The lowest BCUT2D eigenvalue weighted by atomic mass is 10.3. The molecular formula is C11H13N3. The van der Waals surface area contributed by atoms with E-state index in [1.54, 1.807) is 6.33 Å². The highest BCUT2D eigenvalue weighted by Crippen LogP contribution is 2.10. The highest BCUT2D eigenvalue weighted by Gasteiger charge is 1.97. The minimum absolute atomic E-state index is 0.987. The van der Waals surface area contributed by atoms with Gasteiger partial charge in [0, 0.05) is 6.21 Å². The van der Waals surface area contributed by atoms with Crippen LogP contribution in [0.5, 0.6) is 0 Å². The average molecular weight is 187 g/mol. The van der Waals surface area contributed by atoms with Gasteiger partial charge in [0.2, 0.25) is 0 Å². The topological polar surface area (TPSA) is 30.2 Å². The highest BCUT2D eigenvalue weighted by molar-refractivity contribution is 5.75. The van der Waals surface area contributed by atoms with E-state index < -0.39 is 0 Å². The van der Waals surface area contributed by atoms with Crippen LogP contribution in [0.2, 0.25) is 0 Å². The maximum atomic E-state index is 4.31. The van der Waals surface area contributed by atoms with Crippen molar-refractivity contribution in [3.63, 3.8) is 0 Å². The lowest BCUT2D eigenvalue weighted by molar-refractivity contribution is 0.895. The molecule has 1 heterocycles. The predicted octanol–water partition coefficient (Wildman–Crippen LogP) is 2.67. The molecule has 0 fully saturated rings. The van der Waals surface area contributed by atoms with Gasteiger partial charge in [-0.05, 0) is 18.6 Å². The van der Waals surface area contributed by atoms with Crippen LogP contribution in [-0.4, -0.2) is 15.9 Å². The number of nitrogens with zero attached hydrogens (tertiary/aromatic N) is 3. The predicted molar refractivity (Wildman–Crippen MR) is 58.5 cm³/mol. The molecule has 0 N–H and O–H groups in total. The Hall–Kier alpha value is -1.64. The molecular weight excluding hydrogens is 174 g/mol. The Kier molecular flexibility index (Phi) is 2.58. The van der Waals surface area contributed by atoms with Crippen molar-refractivity contribution in [2.45, 2.75) is 19.8 Å². The Morgan fingerprint density at radius 2 is 2.29 bits per heavy atom. The van der Waals surface area contributed by atoms with Crippen LogP contribution in [0.15, 0.2) is 35.7 Å². The smallest absolute Gasteiger partial charge is 0.118 e. The number of hydrogen-bond acceptors (Lipinski definition) is 2. The van der Waals surface area contributed by atoms with Gasteiger partial charge in [-0.3, -0.25) is 0 Å². The number of para-hydroxylation sites is 2. The number of unbranched alkanes of at least 4 members (excludes halogenated alkanes) is 1. The van der Waals surface area contributed by atoms with E-state index >= 15 is 0 Å². The van der Waals surface area contributed by atoms with E-state index in [-0.39, 0.29) is 0 Å². The summed E-state index contributed by atoms with van der Waals surface area (Å²) in [5, 5.41) is 4.31. The van der Waals surface area contributed by atoms with Gasteiger partial charge in [-0.15, -0.1) is 0 Å². The van der Waals surface area contributed by atoms with Crippen molar-refractivity contribution >= 4 is 17.2 Å². The summed E-state index contributed by atoms with van der Waals surface area (Å²) >= 11 is 0. The van der Waals surface area contributed by atoms with Gasteiger partial charge in [0.1, 0.15) is 6.33 Å². The highest BCUT2D eigenvalue weighted by atomic mass is 15.4. The third-order valence-electron chi connectivity index (χ3n) is 2.06. The lowest BCUT2D eigenvalue weighted by Crippen LogP contribution is -1.86. The van der Waals surface area contributed by atoms with E-state index in [4.69, 9.17) is 0 Å². The fourth-order valence-electron chi connectivity index (χ4n) is 1.31. The van der Waals surface area contributed by atoms with E-state index in [1.807, 2.05) is 35.2 Å². The molecule has 0 radical (unpaired) electrons. The largest absolute Gasteiger partial charge is 0.235 e. The Balaban J connectivity index is 2.34. The zero-order valence-corrected chi connectivity index (χ0v) is 8.22. The first-order valence-electron chi connectivity index (χ1n) is 4.86. The number of rotatable bonds is 3. The molecule has 2 rings (SSSR count). The van der Waals surface area contributed by atoms with Crippen LogP contribution in [0.4, 0.5) is 0 Å². The van der Waals surface area contributed by atoms with Crippen LogP contribution >= 0.6 is 0 Å². The van der Waals surface area contributed by atoms with E-state index in [9.17, 15) is 0 Å². The first-order chi connectivity index (χ1) is 6.92. The molecule has 0 unspecified atom stereocenters. The summed E-state index contributed by atoms with van der Waals surface area (Å²) < 4.78 is 1.81. The molecule has 14 heavy (non-hydrogen) atoms. The molecule has 0 bridgehead atoms. The summed E-state index contributed by atoms with van der Waals surface area (Å²) in [5.41, 5.74) is 2.04. The number of benzene rings is 1. The zero-order chi connectivity index (χ0) is 9.80. The summed E-state index contributed by atoms with van der Waals surface area (Å²) in [6, 6.07) is 7.98. The minimum atomic E-state index is 0.987. The summed E-state index contributed by atoms with van der Waals surface area (Å²) in [5.74, 6) is 0. The van der Waals surface area contributed by atoms with Gasteiger partial charge in [-0.25, -0.2) is 9.66 Å². The van der Waals surface area contributed by atoms with Crippen molar-refractivity contribution in [2.24, 2.45) is 5.10 Å². The van der Waals surface area contributed by atoms with Gasteiger partial charge in [0.25, 0.3) is 0 Å². The van der Waals surface area contributed by atoms with E-state index in [1.165, 1.54) is 0 Å². The molecule has 0 atom stereocenters. The molecule has 0 amide bonds. The van der Waals surface area contributed by atoms with Gasteiger partial charge in [0.15, 0.2) is 0 Å². The molecule has 2 aromatic rings. The van der Waals surface area contributed by atoms with E-state index in [2.05, 4.69) is 17.0 Å². The number of hydrogen-bond donors (Lipinski definition) is 0. The summed E-state index contributed by atoms with van der Waals surface area (Å²) in [6.45, 7) is 2.14. The second-order valence-corrected chi connectivity index (χ2v) is 3.16. The molecule has 1 aromatic heterocycles. The minimum Gasteiger partial charge on any atom is -0.235 e. The van der Waals surface area contributed by atoms with Crippen LogP contribution in [0.25, 0.3) is 11.0 Å². The quantitative estimate of drug-likeness (QED) is 0.679. The molecule has 1 aromatic carbocycles. The van der Waals surface area contributed by atoms with Crippen LogP contribution in [-0.2, 0) is 0 Å². The second kappa shape index (κ2) is 4.05. The molecule has 0 spiro atoms. The number of fused-ring (bicyclic) bond motifs is 1. The molecule has 3 nitrogen and oxygen atoms in total. The Bertz CT molecular complexity index is 442. The van der Waals surface area contributed by atoms with Gasteiger partial charge in [-0.2, -0.15) is 5.10 Å². The third kappa shape index (κ3) is 1.66. The summed E-state index contributed by atoms with van der Waals surface area (Å²) in [6.07, 6.45) is 5.80. The fourth-order valence-corrected chi connectivity index (χ4v) is 1.31. The van der Waals surface area contributed by atoms with Crippen molar-refractivity contribution in [1.29, 1.82) is 0 Å². The second-order valence-electron chi connectivity index (χ2n) is 3.16. The first kappa shape index (κ1) is 8.94. The third-order valence-corrected chi connectivity index (χ3v) is 2.06. The van der Waals surface area contributed by atoms with E-state index in [0.717, 1.165) is 23.9 Å². The maximum Gasteiger partial charge on any atom is 0.118 e. The Labute approximate surface area is 83.1 Å². The van der Waals surface area contributed by atoms with Crippen molar-refractivity contribution < 1.29 is 0 Å². The van der Waals surface area contributed by atoms with Crippen LogP contribution in [0.1, 0.15) is 19.8 Å². The van der Waals surface area contributed by atoms with Crippen LogP contribution in [0, 0.1) is 0 Å². The van der Waals surface area contributed by atoms with Crippen molar-refractivity contribution in [3.05, 3.63) is 30.6 Å². The van der Waals surface area contributed by atoms with Crippen molar-refractivity contribution in [3.8, 4) is 0 Å².